The molecule has 6 nitrogen and oxygen atoms in total. The molecule has 0 saturated heterocycles. The van der Waals surface area contributed by atoms with Crippen LogP contribution < -0.4 is 5.32 Å². The van der Waals surface area contributed by atoms with Gasteiger partial charge in [0.15, 0.2) is 9.84 Å². The van der Waals surface area contributed by atoms with Crippen molar-refractivity contribution < 1.29 is 13.3 Å². The zero-order chi connectivity index (χ0) is 18.6. The molecule has 134 valence electrons. The van der Waals surface area contributed by atoms with E-state index in [2.05, 4.69) is 21.2 Å². The van der Waals surface area contributed by atoms with E-state index in [1.165, 1.54) is 23.8 Å². The van der Waals surface area contributed by atoms with E-state index >= 15 is 0 Å². The molecule has 8 heteroatoms. The zero-order valence-electron chi connectivity index (χ0n) is 13.9. The average Bonchev–Trinajstić information content (AvgIpc) is 2.53. The summed E-state index contributed by atoms with van der Waals surface area (Å²) in [7, 11) is -3.68. The largest absolute Gasteiger partial charge is 0.383 e. The first-order valence-corrected chi connectivity index (χ1v) is 10.3. The number of nitrogens with zero attached hydrogens (tertiary/aromatic N) is 1. The maximum Gasteiger partial charge on any atom is 0.288 e. The van der Waals surface area contributed by atoms with Crippen molar-refractivity contribution in [3.63, 3.8) is 0 Å². The summed E-state index contributed by atoms with van der Waals surface area (Å²) in [6.07, 6.45) is 2.68. The molecule has 0 aliphatic heterocycles. The van der Waals surface area contributed by atoms with Crippen molar-refractivity contribution >= 4 is 37.1 Å². The Hall–Kier alpha value is -1.93. The van der Waals surface area contributed by atoms with Gasteiger partial charge in [-0.3, -0.25) is 10.1 Å². The van der Waals surface area contributed by atoms with E-state index in [9.17, 15) is 18.5 Å². The van der Waals surface area contributed by atoms with Gasteiger partial charge in [0.25, 0.3) is 5.69 Å². The van der Waals surface area contributed by atoms with E-state index in [0.29, 0.717) is 5.69 Å². The van der Waals surface area contributed by atoms with Gasteiger partial charge in [0, 0.05) is 28.5 Å². The second kappa shape index (κ2) is 7.97. The van der Waals surface area contributed by atoms with Gasteiger partial charge in [-0.05, 0) is 49.6 Å². The number of hydrogen-bond acceptors (Lipinski definition) is 5. The van der Waals surface area contributed by atoms with Crippen LogP contribution in [-0.4, -0.2) is 25.6 Å². The fraction of sp³-hybridized carbons (Fsp3) is 0.294. The number of hydrogen-bond donors (Lipinski definition) is 1. The highest BCUT2D eigenvalue weighted by molar-refractivity contribution is 9.10. The monoisotopic (exact) mass is 426 g/mol. The van der Waals surface area contributed by atoms with Crippen molar-refractivity contribution in [3.05, 3.63) is 62.6 Å². The normalized spacial score (nSPS) is 12.6. The second-order valence-electron chi connectivity index (χ2n) is 5.92. The minimum atomic E-state index is -3.68. The van der Waals surface area contributed by atoms with Crippen LogP contribution in [0, 0.1) is 10.1 Å². The molecule has 1 N–H and O–H groups in total. The highest BCUT2D eigenvalue weighted by atomic mass is 79.9. The van der Waals surface area contributed by atoms with Crippen molar-refractivity contribution in [2.75, 3.05) is 11.6 Å². The summed E-state index contributed by atoms with van der Waals surface area (Å²) in [6.45, 7) is 1.99. The molecule has 0 heterocycles. The molecule has 2 aromatic carbocycles. The van der Waals surface area contributed by atoms with Crippen molar-refractivity contribution in [3.8, 4) is 0 Å². The molecule has 0 amide bonds. The average molecular weight is 427 g/mol. The lowest BCUT2D eigenvalue weighted by Gasteiger charge is -2.16. The van der Waals surface area contributed by atoms with Gasteiger partial charge in [-0.2, -0.15) is 0 Å². The number of rotatable bonds is 7. The fourth-order valence-corrected chi connectivity index (χ4v) is 3.57. The molecule has 0 aromatic heterocycles. The Morgan fingerprint density at radius 1 is 1.20 bits per heavy atom. The molecule has 0 radical (unpaired) electrons. The number of benzene rings is 2. The fourth-order valence-electron chi connectivity index (χ4n) is 2.44. The summed E-state index contributed by atoms with van der Waals surface area (Å²) in [5.41, 5.74) is 1.35. The van der Waals surface area contributed by atoms with Gasteiger partial charge in [0.2, 0.25) is 0 Å². The first kappa shape index (κ1) is 19.4. The number of sulfone groups is 1. The second-order valence-corrected chi connectivity index (χ2v) is 8.82. The Morgan fingerprint density at radius 3 is 2.40 bits per heavy atom. The summed E-state index contributed by atoms with van der Waals surface area (Å²) < 4.78 is 24.6. The van der Waals surface area contributed by atoms with E-state index in [1.807, 2.05) is 31.2 Å². The number of nitrogens with one attached hydrogen (secondary N) is 1. The summed E-state index contributed by atoms with van der Waals surface area (Å²) in [6, 6.07) is 12.2. The van der Waals surface area contributed by atoms with Crippen LogP contribution in [-0.2, 0) is 16.3 Å². The molecule has 0 bridgehead atoms. The number of nitro benzene ring substituents is 1. The van der Waals surface area contributed by atoms with Crippen LogP contribution >= 0.6 is 15.9 Å². The van der Waals surface area contributed by atoms with Crippen LogP contribution in [0.5, 0.6) is 0 Å². The highest BCUT2D eigenvalue weighted by Gasteiger charge is 2.22. The molecule has 1 unspecified atom stereocenters. The molecular formula is C17H19BrN2O4S. The van der Waals surface area contributed by atoms with Gasteiger partial charge in [-0.25, -0.2) is 8.42 Å². The summed E-state index contributed by atoms with van der Waals surface area (Å²) in [5, 5.41) is 14.2. The Bertz CT molecular complexity index is 867. The Balaban J connectivity index is 2.08. The lowest BCUT2D eigenvalue weighted by molar-refractivity contribution is -0.387. The van der Waals surface area contributed by atoms with Crippen LogP contribution in [0.4, 0.5) is 11.4 Å². The topological polar surface area (TPSA) is 89.3 Å². The minimum Gasteiger partial charge on any atom is -0.383 e. The Kier molecular flexibility index (Phi) is 6.18. The maximum atomic E-state index is 11.8. The number of halogens is 1. The third kappa shape index (κ3) is 5.54. The van der Waals surface area contributed by atoms with Gasteiger partial charge in [-0.15, -0.1) is 0 Å². The first-order chi connectivity index (χ1) is 11.7. The Labute approximate surface area is 155 Å². The van der Waals surface area contributed by atoms with Gasteiger partial charge in [0.05, 0.1) is 4.92 Å². The van der Waals surface area contributed by atoms with Crippen LogP contribution in [0.15, 0.2) is 51.8 Å². The SMILES string of the molecule is CC(CCc1ccc(Br)cc1)Nc1ccc([N+](=O)[O-])c(S(C)(=O)=O)c1. The van der Waals surface area contributed by atoms with Crippen molar-refractivity contribution in [2.24, 2.45) is 0 Å². The molecular weight excluding hydrogens is 408 g/mol. The third-order valence-corrected chi connectivity index (χ3v) is 5.40. The molecule has 2 rings (SSSR count). The standard InChI is InChI=1S/C17H19BrN2O4S/c1-12(3-4-13-5-7-14(18)8-6-13)19-15-9-10-16(20(21)22)17(11-15)25(2,23)24/h5-12,19H,3-4H2,1-2H3. The lowest BCUT2D eigenvalue weighted by Crippen LogP contribution is -2.16. The molecule has 1 atom stereocenters. The van der Waals surface area contributed by atoms with Gasteiger partial charge < -0.3 is 5.32 Å². The molecule has 2 aromatic rings. The molecule has 0 aliphatic rings. The third-order valence-electron chi connectivity index (χ3n) is 3.75. The predicted octanol–water partition coefficient (Wildman–Crippen LogP) is 4.19. The first-order valence-electron chi connectivity index (χ1n) is 7.66. The van der Waals surface area contributed by atoms with Gasteiger partial charge >= 0.3 is 0 Å². The van der Waals surface area contributed by atoms with Crippen molar-refractivity contribution in [1.29, 1.82) is 0 Å². The molecule has 0 spiro atoms. The lowest BCUT2D eigenvalue weighted by atomic mass is 10.1. The summed E-state index contributed by atoms with van der Waals surface area (Å²) in [4.78, 5) is 10.0. The quantitative estimate of drug-likeness (QED) is 0.529. The van der Waals surface area contributed by atoms with Crippen LogP contribution in [0.3, 0.4) is 0 Å². The van der Waals surface area contributed by atoms with E-state index in [1.54, 1.807) is 0 Å². The molecule has 0 aliphatic carbocycles. The van der Waals surface area contributed by atoms with Gasteiger partial charge in [-0.1, -0.05) is 28.1 Å². The van der Waals surface area contributed by atoms with Crippen LogP contribution in [0.1, 0.15) is 18.9 Å². The highest BCUT2D eigenvalue weighted by Crippen LogP contribution is 2.27. The summed E-state index contributed by atoms with van der Waals surface area (Å²) in [5.74, 6) is 0. The van der Waals surface area contributed by atoms with Crippen LogP contribution in [0.2, 0.25) is 0 Å². The van der Waals surface area contributed by atoms with Crippen molar-refractivity contribution in [2.45, 2.75) is 30.7 Å². The number of nitro groups is 1. The summed E-state index contributed by atoms with van der Waals surface area (Å²) >= 11 is 3.40. The predicted molar refractivity (Wildman–Crippen MR) is 102 cm³/mol. The van der Waals surface area contributed by atoms with E-state index in [4.69, 9.17) is 0 Å². The maximum absolute atomic E-state index is 11.8. The number of aryl methyl sites for hydroxylation is 1. The van der Waals surface area contributed by atoms with Gasteiger partial charge in [0.1, 0.15) is 4.90 Å². The van der Waals surface area contributed by atoms with Crippen molar-refractivity contribution in [1.82, 2.24) is 0 Å². The molecule has 25 heavy (non-hydrogen) atoms. The molecule has 0 fully saturated rings. The molecule has 0 saturated carbocycles. The zero-order valence-corrected chi connectivity index (χ0v) is 16.3. The minimum absolute atomic E-state index is 0.0810. The smallest absolute Gasteiger partial charge is 0.288 e. The Morgan fingerprint density at radius 2 is 1.84 bits per heavy atom. The van der Waals surface area contributed by atoms with Crippen LogP contribution in [0.25, 0.3) is 0 Å². The van der Waals surface area contributed by atoms with E-state index < -0.39 is 20.4 Å². The van der Waals surface area contributed by atoms with E-state index in [-0.39, 0.29) is 10.9 Å². The van der Waals surface area contributed by atoms with E-state index in [0.717, 1.165) is 23.6 Å². The number of anilines is 1.